The van der Waals surface area contributed by atoms with E-state index in [1.165, 1.54) is 0 Å². The van der Waals surface area contributed by atoms with E-state index < -0.39 is 0 Å². The number of fused-ring (bicyclic) bond motifs is 1. The highest BCUT2D eigenvalue weighted by atomic mass is 32.1. The van der Waals surface area contributed by atoms with E-state index in [-0.39, 0.29) is 0 Å². The molecule has 4 rings (SSSR count). The van der Waals surface area contributed by atoms with Crippen molar-refractivity contribution in [2.24, 2.45) is 5.16 Å². The van der Waals surface area contributed by atoms with E-state index in [0.29, 0.717) is 12.5 Å². The maximum absolute atomic E-state index is 6.08. The molecule has 0 aromatic carbocycles. The van der Waals surface area contributed by atoms with Crippen LogP contribution in [0.15, 0.2) is 34.1 Å². The van der Waals surface area contributed by atoms with Gasteiger partial charge in [-0.1, -0.05) is 5.16 Å². The molecular weight excluding hydrogens is 350 g/mol. The zero-order chi connectivity index (χ0) is 18.1. The lowest BCUT2D eigenvalue weighted by Gasteiger charge is -2.21. The van der Waals surface area contributed by atoms with Gasteiger partial charge in [-0.3, -0.25) is 4.98 Å². The molecule has 8 heteroatoms. The first-order chi connectivity index (χ1) is 12.7. The van der Waals surface area contributed by atoms with Gasteiger partial charge in [0.2, 0.25) is 11.8 Å². The second-order valence-corrected chi connectivity index (χ2v) is 6.97. The van der Waals surface area contributed by atoms with E-state index >= 15 is 0 Å². The zero-order valence-corrected chi connectivity index (χ0v) is 15.7. The van der Waals surface area contributed by atoms with Gasteiger partial charge < -0.3 is 14.2 Å². The Morgan fingerprint density at radius 3 is 3.04 bits per heavy atom. The van der Waals surface area contributed by atoms with Crippen molar-refractivity contribution in [3.63, 3.8) is 0 Å². The van der Waals surface area contributed by atoms with E-state index in [2.05, 4.69) is 20.0 Å². The Bertz CT molecular complexity index is 948. The molecule has 0 aliphatic carbocycles. The summed E-state index contributed by atoms with van der Waals surface area (Å²) in [6.45, 7) is 5.22. The van der Waals surface area contributed by atoms with Crippen molar-refractivity contribution in [1.82, 2.24) is 15.0 Å². The highest BCUT2D eigenvalue weighted by Gasteiger charge is 2.28. The zero-order valence-electron chi connectivity index (χ0n) is 14.9. The predicted octanol–water partition coefficient (Wildman–Crippen LogP) is 3.75. The molecule has 0 amide bonds. The average Bonchev–Trinajstić information content (AvgIpc) is 3.26. The monoisotopic (exact) mass is 369 g/mol. The van der Waals surface area contributed by atoms with Gasteiger partial charge in [-0.25, -0.2) is 9.97 Å². The van der Waals surface area contributed by atoms with Crippen LogP contribution in [0.2, 0.25) is 0 Å². The first-order valence-corrected chi connectivity index (χ1v) is 9.28. The molecule has 0 spiro atoms. The highest BCUT2D eigenvalue weighted by molar-refractivity contribution is 7.18. The first kappa shape index (κ1) is 16.7. The van der Waals surface area contributed by atoms with E-state index in [9.17, 15) is 0 Å². The number of anilines is 1. The molecule has 4 heterocycles. The summed E-state index contributed by atoms with van der Waals surface area (Å²) < 4.78 is 6.08. The summed E-state index contributed by atoms with van der Waals surface area (Å²) in [6, 6.07) is 3.90. The summed E-state index contributed by atoms with van der Waals surface area (Å²) >= 11 is 1.55. The third kappa shape index (κ3) is 2.96. The van der Waals surface area contributed by atoms with Crippen LogP contribution >= 0.6 is 11.3 Å². The number of oxazole rings is 1. The molecular formula is C18H19N5O2S. The number of hydrogen-bond donors (Lipinski definition) is 0. The van der Waals surface area contributed by atoms with Gasteiger partial charge in [0, 0.05) is 38.0 Å². The fourth-order valence-corrected chi connectivity index (χ4v) is 3.77. The van der Waals surface area contributed by atoms with Gasteiger partial charge in [0.25, 0.3) is 0 Å². The standard InChI is InChI=1S/C18H19N5O2S/c1-4-24-22-13-7-9-23(3)18-14(13)21-16(25-18)15-11(2)20-17(26-15)12-6-5-8-19-10-12/h5-6,8,10H,4,7,9H2,1-3H3. The van der Waals surface area contributed by atoms with Gasteiger partial charge in [-0.2, -0.15) is 0 Å². The van der Waals surface area contributed by atoms with E-state index in [1.807, 2.05) is 39.2 Å². The number of rotatable bonds is 4. The Hall–Kier alpha value is -2.74. The fraction of sp³-hybridized carbons (Fsp3) is 0.333. The Labute approximate surface area is 155 Å². The second-order valence-electron chi connectivity index (χ2n) is 5.98. The number of nitrogens with zero attached hydrogens (tertiary/aromatic N) is 5. The maximum Gasteiger partial charge on any atom is 0.241 e. The lowest BCUT2D eigenvalue weighted by molar-refractivity contribution is 0.158. The summed E-state index contributed by atoms with van der Waals surface area (Å²) in [6.07, 6.45) is 4.34. The summed E-state index contributed by atoms with van der Waals surface area (Å²) in [5.41, 5.74) is 3.44. The predicted molar refractivity (Wildman–Crippen MR) is 102 cm³/mol. The normalized spacial score (nSPS) is 15.3. The molecule has 134 valence electrons. The number of pyridine rings is 1. The smallest absolute Gasteiger partial charge is 0.241 e. The van der Waals surface area contributed by atoms with Crippen LogP contribution in [0.4, 0.5) is 5.88 Å². The average molecular weight is 369 g/mol. The largest absolute Gasteiger partial charge is 0.419 e. The maximum atomic E-state index is 6.08. The Kier molecular flexibility index (Phi) is 4.42. The summed E-state index contributed by atoms with van der Waals surface area (Å²) in [5, 5.41) is 5.11. The van der Waals surface area contributed by atoms with Gasteiger partial charge in [0.1, 0.15) is 22.2 Å². The van der Waals surface area contributed by atoms with E-state index in [1.54, 1.807) is 17.5 Å². The van der Waals surface area contributed by atoms with Crippen molar-refractivity contribution in [2.45, 2.75) is 20.3 Å². The number of hydrogen-bond acceptors (Lipinski definition) is 8. The van der Waals surface area contributed by atoms with Crippen LogP contribution in [0, 0.1) is 6.92 Å². The quantitative estimate of drug-likeness (QED) is 0.652. The van der Waals surface area contributed by atoms with Crippen LogP contribution in [0.25, 0.3) is 21.3 Å². The fourth-order valence-electron chi connectivity index (χ4n) is 2.79. The minimum absolute atomic E-state index is 0.530. The van der Waals surface area contributed by atoms with E-state index in [4.69, 9.17) is 14.2 Å². The van der Waals surface area contributed by atoms with E-state index in [0.717, 1.165) is 51.4 Å². The first-order valence-electron chi connectivity index (χ1n) is 8.46. The van der Waals surface area contributed by atoms with Crippen LogP contribution < -0.4 is 4.90 Å². The molecule has 0 atom stereocenters. The number of oxime groups is 1. The van der Waals surface area contributed by atoms with Crippen LogP contribution in [-0.2, 0) is 4.84 Å². The molecule has 3 aromatic heterocycles. The summed E-state index contributed by atoms with van der Waals surface area (Å²) in [4.78, 5) is 21.7. The van der Waals surface area contributed by atoms with Crippen molar-refractivity contribution in [3.8, 4) is 21.3 Å². The van der Waals surface area contributed by atoms with Crippen molar-refractivity contribution >= 4 is 22.9 Å². The van der Waals surface area contributed by atoms with Crippen molar-refractivity contribution < 1.29 is 9.25 Å². The van der Waals surface area contributed by atoms with Crippen molar-refractivity contribution in [2.75, 3.05) is 25.1 Å². The molecule has 0 saturated carbocycles. The van der Waals surface area contributed by atoms with Gasteiger partial charge >= 0.3 is 0 Å². The van der Waals surface area contributed by atoms with Crippen molar-refractivity contribution in [3.05, 3.63) is 35.9 Å². The minimum Gasteiger partial charge on any atom is -0.419 e. The third-order valence-electron chi connectivity index (χ3n) is 4.12. The lowest BCUT2D eigenvalue weighted by Crippen LogP contribution is -2.28. The number of aryl methyl sites for hydroxylation is 1. The van der Waals surface area contributed by atoms with Crippen molar-refractivity contribution in [1.29, 1.82) is 0 Å². The second kappa shape index (κ2) is 6.87. The van der Waals surface area contributed by atoms with Gasteiger partial charge in [0.05, 0.1) is 5.69 Å². The molecule has 1 aliphatic rings. The number of aromatic nitrogens is 3. The molecule has 26 heavy (non-hydrogen) atoms. The van der Waals surface area contributed by atoms with Crippen LogP contribution in [0.3, 0.4) is 0 Å². The van der Waals surface area contributed by atoms with Gasteiger partial charge in [0.15, 0.2) is 5.69 Å². The van der Waals surface area contributed by atoms with Crippen LogP contribution in [0.5, 0.6) is 0 Å². The molecule has 0 N–H and O–H groups in total. The Balaban J connectivity index is 1.75. The summed E-state index contributed by atoms with van der Waals surface area (Å²) in [5.74, 6) is 1.29. The Morgan fingerprint density at radius 1 is 1.38 bits per heavy atom. The lowest BCUT2D eigenvalue weighted by atomic mass is 10.1. The van der Waals surface area contributed by atoms with Gasteiger partial charge in [-0.15, -0.1) is 11.3 Å². The SMILES string of the molecule is CCON=C1CCN(C)c2oc(-c3sc(-c4cccnc4)nc3C)nc21. The minimum atomic E-state index is 0.530. The van der Waals surface area contributed by atoms with Crippen LogP contribution in [-0.4, -0.2) is 40.9 Å². The molecule has 0 bridgehead atoms. The molecule has 3 aromatic rings. The van der Waals surface area contributed by atoms with Crippen LogP contribution in [0.1, 0.15) is 24.7 Å². The highest BCUT2D eigenvalue weighted by Crippen LogP contribution is 2.38. The summed E-state index contributed by atoms with van der Waals surface area (Å²) in [7, 11) is 1.99. The molecule has 7 nitrogen and oxygen atoms in total. The number of thiazole rings is 1. The third-order valence-corrected chi connectivity index (χ3v) is 5.31. The van der Waals surface area contributed by atoms with Gasteiger partial charge in [-0.05, 0) is 26.0 Å². The molecule has 0 fully saturated rings. The Morgan fingerprint density at radius 2 is 2.27 bits per heavy atom. The molecule has 0 saturated heterocycles. The molecule has 0 radical (unpaired) electrons. The topological polar surface area (TPSA) is 76.6 Å². The molecule has 0 unspecified atom stereocenters. The molecule has 1 aliphatic heterocycles.